The molecular formula is C29H37ClFN3O4. The normalized spacial score (nSPS) is 35.6. The molecule has 4 aliphatic rings. The number of rotatable bonds is 7. The van der Waals surface area contributed by atoms with E-state index in [9.17, 15) is 18.8 Å². The Balaban J connectivity index is 1.43. The van der Waals surface area contributed by atoms with E-state index >= 15 is 0 Å². The number of hydrogen-bond donors (Lipinski definition) is 2. The number of ether oxygens (including phenoxy) is 1. The Bertz CT molecular complexity index is 1160. The summed E-state index contributed by atoms with van der Waals surface area (Å²) >= 11 is 5.90. The van der Waals surface area contributed by atoms with E-state index in [-0.39, 0.29) is 22.9 Å². The van der Waals surface area contributed by atoms with Crippen molar-refractivity contribution in [2.45, 2.75) is 77.2 Å². The summed E-state index contributed by atoms with van der Waals surface area (Å²) in [5, 5.41) is 5.94. The quantitative estimate of drug-likeness (QED) is 0.492. The molecule has 0 radical (unpaired) electrons. The molecule has 1 aromatic rings. The Morgan fingerprint density at radius 2 is 2.00 bits per heavy atom. The molecule has 9 heteroatoms. The van der Waals surface area contributed by atoms with E-state index in [1.165, 1.54) is 18.2 Å². The molecule has 5 rings (SSSR count). The van der Waals surface area contributed by atoms with Gasteiger partial charge in [0.25, 0.3) is 0 Å². The van der Waals surface area contributed by atoms with Crippen molar-refractivity contribution in [2.75, 3.05) is 11.9 Å². The number of benzene rings is 1. The van der Waals surface area contributed by atoms with Crippen LogP contribution in [-0.4, -0.2) is 53.0 Å². The second kappa shape index (κ2) is 10.3. The molecule has 8 atom stereocenters. The molecule has 3 fully saturated rings. The van der Waals surface area contributed by atoms with Gasteiger partial charge >= 0.3 is 0 Å². The van der Waals surface area contributed by atoms with Gasteiger partial charge in [-0.2, -0.15) is 0 Å². The van der Waals surface area contributed by atoms with Crippen LogP contribution in [0.2, 0.25) is 5.02 Å². The molecule has 3 aliphatic heterocycles. The first-order valence-corrected chi connectivity index (χ1v) is 14.1. The second-order valence-corrected chi connectivity index (χ2v) is 12.3. The minimum Gasteiger partial charge on any atom is -0.359 e. The Kier molecular flexibility index (Phi) is 7.33. The SMILES string of the molecule is CC(C)CCN1C(=O)C2C(C(=O)Nc3ccc(F)c(Cl)c3)C3C=CC2(O3)C1C(=O)NC1CCCC(C)C1C. The summed E-state index contributed by atoms with van der Waals surface area (Å²) in [5.41, 5.74) is -0.867. The van der Waals surface area contributed by atoms with Gasteiger partial charge in [-0.05, 0) is 48.8 Å². The summed E-state index contributed by atoms with van der Waals surface area (Å²) in [6.45, 7) is 8.95. The van der Waals surface area contributed by atoms with E-state index in [2.05, 4.69) is 38.3 Å². The van der Waals surface area contributed by atoms with Gasteiger partial charge in [0, 0.05) is 18.3 Å². The largest absolute Gasteiger partial charge is 0.359 e. The first-order chi connectivity index (χ1) is 18.0. The molecule has 206 valence electrons. The monoisotopic (exact) mass is 545 g/mol. The van der Waals surface area contributed by atoms with Gasteiger partial charge in [-0.25, -0.2) is 4.39 Å². The van der Waals surface area contributed by atoms with Gasteiger partial charge in [0.15, 0.2) is 0 Å². The van der Waals surface area contributed by atoms with Crippen molar-refractivity contribution < 1.29 is 23.5 Å². The Morgan fingerprint density at radius 1 is 1.24 bits per heavy atom. The Morgan fingerprint density at radius 3 is 2.71 bits per heavy atom. The Hall–Kier alpha value is -2.45. The smallest absolute Gasteiger partial charge is 0.246 e. The fourth-order valence-corrected chi connectivity index (χ4v) is 6.93. The van der Waals surface area contributed by atoms with Crippen molar-refractivity contribution in [3.63, 3.8) is 0 Å². The highest BCUT2D eigenvalue weighted by Crippen LogP contribution is 2.55. The fraction of sp³-hybridized carbons (Fsp3) is 0.621. The van der Waals surface area contributed by atoms with Crippen LogP contribution in [0.25, 0.3) is 0 Å². The Labute approximate surface area is 228 Å². The van der Waals surface area contributed by atoms with Gasteiger partial charge in [0.05, 0.1) is 23.0 Å². The second-order valence-electron chi connectivity index (χ2n) is 11.9. The first-order valence-electron chi connectivity index (χ1n) is 13.8. The molecule has 1 saturated carbocycles. The minimum atomic E-state index is -1.20. The third kappa shape index (κ3) is 4.53. The molecule has 1 aliphatic carbocycles. The van der Waals surface area contributed by atoms with Gasteiger partial charge in [-0.1, -0.05) is 64.3 Å². The van der Waals surface area contributed by atoms with E-state index in [1.807, 2.05) is 6.08 Å². The summed E-state index contributed by atoms with van der Waals surface area (Å²) < 4.78 is 20.0. The maximum absolute atomic E-state index is 14.0. The predicted molar refractivity (Wildman–Crippen MR) is 143 cm³/mol. The van der Waals surface area contributed by atoms with Crippen molar-refractivity contribution in [1.29, 1.82) is 0 Å². The highest BCUT2D eigenvalue weighted by Gasteiger charge is 2.72. The molecule has 2 saturated heterocycles. The lowest BCUT2D eigenvalue weighted by Gasteiger charge is -2.38. The summed E-state index contributed by atoms with van der Waals surface area (Å²) in [6, 6.07) is 3.13. The van der Waals surface area contributed by atoms with Crippen LogP contribution in [-0.2, 0) is 19.1 Å². The summed E-state index contributed by atoms with van der Waals surface area (Å²) in [6.07, 6.45) is 6.83. The number of fused-ring (bicyclic) bond motifs is 1. The van der Waals surface area contributed by atoms with Crippen LogP contribution < -0.4 is 10.6 Å². The van der Waals surface area contributed by atoms with Crippen LogP contribution in [0.15, 0.2) is 30.4 Å². The number of likely N-dealkylation sites (tertiary alicyclic amines) is 1. The van der Waals surface area contributed by atoms with Crippen LogP contribution in [0.1, 0.15) is 53.4 Å². The van der Waals surface area contributed by atoms with Crippen LogP contribution in [0, 0.1) is 35.4 Å². The van der Waals surface area contributed by atoms with E-state index in [0.29, 0.717) is 30.0 Å². The molecule has 7 nitrogen and oxygen atoms in total. The van der Waals surface area contributed by atoms with E-state index in [4.69, 9.17) is 16.3 Å². The number of halogens is 2. The van der Waals surface area contributed by atoms with Gasteiger partial charge < -0.3 is 20.3 Å². The molecular weight excluding hydrogens is 509 g/mol. The summed E-state index contributed by atoms with van der Waals surface area (Å²) in [4.78, 5) is 43.0. The lowest BCUT2D eigenvalue weighted by molar-refractivity contribution is -0.141. The number of carbonyl (C=O) groups is 3. The molecule has 3 amide bonds. The molecule has 2 bridgehead atoms. The van der Waals surface area contributed by atoms with E-state index in [1.54, 1.807) is 11.0 Å². The van der Waals surface area contributed by atoms with Gasteiger partial charge in [-0.15, -0.1) is 0 Å². The van der Waals surface area contributed by atoms with Crippen LogP contribution >= 0.6 is 11.6 Å². The molecule has 1 aromatic carbocycles. The lowest BCUT2D eigenvalue weighted by Crippen LogP contribution is -2.58. The van der Waals surface area contributed by atoms with Crippen LogP contribution in [0.4, 0.5) is 10.1 Å². The molecule has 38 heavy (non-hydrogen) atoms. The number of amides is 3. The van der Waals surface area contributed by atoms with E-state index in [0.717, 1.165) is 25.7 Å². The minimum absolute atomic E-state index is 0.0358. The number of carbonyl (C=O) groups excluding carboxylic acids is 3. The maximum atomic E-state index is 14.0. The number of hydrogen-bond acceptors (Lipinski definition) is 4. The third-order valence-electron chi connectivity index (χ3n) is 9.09. The average Bonchev–Trinajstić information content (AvgIpc) is 3.50. The van der Waals surface area contributed by atoms with Crippen LogP contribution in [0.5, 0.6) is 0 Å². The lowest BCUT2D eigenvalue weighted by atomic mass is 9.73. The zero-order valence-electron chi connectivity index (χ0n) is 22.4. The molecule has 1 spiro atoms. The van der Waals surface area contributed by atoms with Crippen molar-refractivity contribution in [1.82, 2.24) is 10.2 Å². The average molecular weight is 546 g/mol. The molecule has 2 N–H and O–H groups in total. The zero-order valence-corrected chi connectivity index (χ0v) is 23.1. The third-order valence-corrected chi connectivity index (χ3v) is 9.38. The highest BCUT2D eigenvalue weighted by molar-refractivity contribution is 6.31. The van der Waals surface area contributed by atoms with Gasteiger partial charge in [-0.3, -0.25) is 14.4 Å². The highest BCUT2D eigenvalue weighted by atomic mass is 35.5. The summed E-state index contributed by atoms with van der Waals surface area (Å²) in [5.74, 6) is -1.92. The number of nitrogens with zero attached hydrogens (tertiary/aromatic N) is 1. The predicted octanol–water partition coefficient (Wildman–Crippen LogP) is 4.56. The first kappa shape index (κ1) is 27.1. The van der Waals surface area contributed by atoms with Crippen molar-refractivity contribution in [3.8, 4) is 0 Å². The summed E-state index contributed by atoms with van der Waals surface area (Å²) in [7, 11) is 0. The standard InChI is InChI=1S/C29H37ClFN3O4/c1-15(2)11-13-34-25(27(36)33-21-7-5-6-16(3)17(21)4)29-12-10-22(38-29)23(24(29)28(34)37)26(35)32-18-8-9-20(31)19(30)14-18/h8-10,12,14-17,21-25H,5-7,11,13H2,1-4H3,(H,32,35)(H,33,36). The molecule has 0 aromatic heterocycles. The van der Waals surface area contributed by atoms with E-state index < -0.39 is 41.3 Å². The zero-order chi connectivity index (χ0) is 27.4. The van der Waals surface area contributed by atoms with Crippen molar-refractivity contribution in [2.24, 2.45) is 29.6 Å². The topological polar surface area (TPSA) is 87.7 Å². The molecule has 8 unspecified atom stereocenters. The van der Waals surface area contributed by atoms with Crippen molar-refractivity contribution in [3.05, 3.63) is 41.2 Å². The molecule has 3 heterocycles. The van der Waals surface area contributed by atoms with Crippen LogP contribution in [0.3, 0.4) is 0 Å². The number of nitrogens with one attached hydrogen (secondary N) is 2. The van der Waals surface area contributed by atoms with Gasteiger partial charge in [0.2, 0.25) is 17.7 Å². The maximum Gasteiger partial charge on any atom is 0.246 e. The van der Waals surface area contributed by atoms with Gasteiger partial charge in [0.1, 0.15) is 17.5 Å². The number of anilines is 1. The fourth-order valence-electron chi connectivity index (χ4n) is 6.75. The van der Waals surface area contributed by atoms with Crippen molar-refractivity contribution >= 4 is 35.0 Å².